The molecule has 0 spiro atoms. The van der Waals surface area contributed by atoms with Crippen LogP contribution in [0.5, 0.6) is 0 Å². The highest BCUT2D eigenvalue weighted by Gasteiger charge is 2.36. The standard InChI is InChI=1S/C23H19ClF3N5O/c1-14-19(24)21-28-20(16-7-3-5-9-18(16)32(21)29-14)30-10-12-31(13-11-30)22(33)15-6-2-4-8-17(15)23(25,26)27/h2-9H,10-13H2,1H3. The van der Waals surface area contributed by atoms with Gasteiger partial charge in [-0.05, 0) is 31.2 Å². The Bertz CT molecular complexity index is 1380. The number of nitrogens with zero attached hydrogens (tertiary/aromatic N) is 5. The smallest absolute Gasteiger partial charge is 0.352 e. The molecule has 1 saturated heterocycles. The molecule has 0 aliphatic carbocycles. The van der Waals surface area contributed by atoms with Crippen molar-refractivity contribution in [3.8, 4) is 0 Å². The van der Waals surface area contributed by atoms with E-state index in [-0.39, 0.29) is 18.7 Å². The Morgan fingerprint density at radius 2 is 1.67 bits per heavy atom. The molecule has 33 heavy (non-hydrogen) atoms. The Morgan fingerprint density at radius 3 is 2.39 bits per heavy atom. The molecule has 1 aliphatic heterocycles. The average molecular weight is 474 g/mol. The first kappa shape index (κ1) is 21.5. The van der Waals surface area contributed by atoms with Crippen molar-refractivity contribution in [3.63, 3.8) is 0 Å². The topological polar surface area (TPSA) is 53.7 Å². The molecule has 0 bridgehead atoms. The summed E-state index contributed by atoms with van der Waals surface area (Å²) in [6, 6.07) is 12.6. The molecule has 1 fully saturated rings. The van der Waals surface area contributed by atoms with Crippen LogP contribution in [0.3, 0.4) is 0 Å². The van der Waals surface area contributed by atoms with Crippen LogP contribution in [0.15, 0.2) is 48.5 Å². The van der Waals surface area contributed by atoms with E-state index in [1.807, 2.05) is 36.1 Å². The summed E-state index contributed by atoms with van der Waals surface area (Å²) in [6.07, 6.45) is -4.59. The number of benzene rings is 2. The predicted octanol–water partition coefficient (Wildman–Crippen LogP) is 4.83. The van der Waals surface area contributed by atoms with Crippen molar-refractivity contribution in [1.82, 2.24) is 19.5 Å². The van der Waals surface area contributed by atoms with Crippen LogP contribution in [-0.4, -0.2) is 51.6 Å². The molecule has 1 aliphatic rings. The van der Waals surface area contributed by atoms with Crippen LogP contribution in [0, 0.1) is 6.92 Å². The van der Waals surface area contributed by atoms with Crippen LogP contribution in [-0.2, 0) is 6.18 Å². The van der Waals surface area contributed by atoms with Crippen LogP contribution < -0.4 is 4.90 Å². The van der Waals surface area contributed by atoms with Crippen LogP contribution in [0.4, 0.5) is 19.0 Å². The summed E-state index contributed by atoms with van der Waals surface area (Å²) in [5.74, 6) is 0.0907. The van der Waals surface area contributed by atoms with Gasteiger partial charge in [0, 0.05) is 31.6 Å². The van der Waals surface area contributed by atoms with Gasteiger partial charge in [-0.1, -0.05) is 35.9 Å². The van der Waals surface area contributed by atoms with E-state index in [4.69, 9.17) is 16.6 Å². The number of para-hydroxylation sites is 1. The summed E-state index contributed by atoms with van der Waals surface area (Å²) < 4.78 is 41.8. The second-order valence-corrected chi connectivity index (χ2v) is 8.29. The van der Waals surface area contributed by atoms with Gasteiger partial charge < -0.3 is 9.80 Å². The lowest BCUT2D eigenvalue weighted by molar-refractivity contribution is -0.138. The molecule has 3 heterocycles. The van der Waals surface area contributed by atoms with Gasteiger partial charge >= 0.3 is 6.18 Å². The largest absolute Gasteiger partial charge is 0.417 e. The third kappa shape index (κ3) is 3.66. The highest BCUT2D eigenvalue weighted by Crippen LogP contribution is 2.33. The van der Waals surface area contributed by atoms with Crippen LogP contribution in [0.1, 0.15) is 21.6 Å². The van der Waals surface area contributed by atoms with E-state index < -0.39 is 17.6 Å². The Hall–Kier alpha value is -3.33. The zero-order valence-electron chi connectivity index (χ0n) is 17.6. The van der Waals surface area contributed by atoms with E-state index in [0.29, 0.717) is 35.3 Å². The van der Waals surface area contributed by atoms with Gasteiger partial charge in [0.1, 0.15) is 10.8 Å². The number of carbonyl (C=O) groups is 1. The number of aryl methyl sites for hydroxylation is 1. The van der Waals surface area contributed by atoms with Gasteiger partial charge in [0.25, 0.3) is 5.91 Å². The highest BCUT2D eigenvalue weighted by molar-refractivity contribution is 6.34. The molecule has 0 radical (unpaired) electrons. The predicted molar refractivity (Wildman–Crippen MR) is 120 cm³/mol. The van der Waals surface area contributed by atoms with Gasteiger partial charge in [-0.2, -0.15) is 18.3 Å². The van der Waals surface area contributed by atoms with E-state index in [9.17, 15) is 18.0 Å². The van der Waals surface area contributed by atoms with Crippen LogP contribution >= 0.6 is 11.6 Å². The zero-order valence-corrected chi connectivity index (χ0v) is 18.4. The normalized spacial score (nSPS) is 14.9. The van der Waals surface area contributed by atoms with E-state index in [0.717, 1.165) is 17.0 Å². The molecule has 170 valence electrons. The number of anilines is 1. The fourth-order valence-corrected chi connectivity index (χ4v) is 4.38. The second kappa shape index (κ2) is 7.91. The van der Waals surface area contributed by atoms with Crippen molar-refractivity contribution >= 4 is 39.9 Å². The van der Waals surface area contributed by atoms with Crippen molar-refractivity contribution < 1.29 is 18.0 Å². The number of hydrogen-bond acceptors (Lipinski definition) is 4. The Kier molecular flexibility index (Phi) is 5.16. The minimum atomic E-state index is -4.59. The summed E-state index contributed by atoms with van der Waals surface area (Å²) in [7, 11) is 0. The van der Waals surface area contributed by atoms with Gasteiger partial charge in [-0.3, -0.25) is 4.79 Å². The monoisotopic (exact) mass is 473 g/mol. The summed E-state index contributed by atoms with van der Waals surface area (Å²) in [5, 5.41) is 5.84. The minimum absolute atomic E-state index is 0.276. The summed E-state index contributed by atoms with van der Waals surface area (Å²) in [4.78, 5) is 21.2. The zero-order chi connectivity index (χ0) is 23.3. The van der Waals surface area contributed by atoms with Crippen LogP contribution in [0.2, 0.25) is 5.02 Å². The van der Waals surface area contributed by atoms with E-state index in [1.165, 1.54) is 23.1 Å². The number of hydrogen-bond donors (Lipinski definition) is 0. The number of piperazine rings is 1. The van der Waals surface area contributed by atoms with Gasteiger partial charge in [-0.15, -0.1) is 0 Å². The number of fused-ring (bicyclic) bond motifs is 3. The lowest BCUT2D eigenvalue weighted by Gasteiger charge is -2.36. The molecule has 5 rings (SSSR count). The summed E-state index contributed by atoms with van der Waals surface area (Å²) in [5.41, 5.74) is 0.821. The number of aromatic nitrogens is 3. The first-order valence-electron chi connectivity index (χ1n) is 10.4. The Morgan fingerprint density at radius 1 is 1.00 bits per heavy atom. The van der Waals surface area contributed by atoms with Gasteiger partial charge in [0.05, 0.1) is 22.3 Å². The number of alkyl halides is 3. The first-order valence-corrected chi connectivity index (χ1v) is 10.8. The fraction of sp³-hybridized carbons (Fsp3) is 0.261. The number of carbonyl (C=O) groups excluding carboxylic acids is 1. The molecular formula is C23H19ClF3N5O. The Labute approximate surface area is 192 Å². The van der Waals surface area contributed by atoms with E-state index >= 15 is 0 Å². The SMILES string of the molecule is Cc1nn2c(nc(N3CCN(C(=O)c4ccccc4C(F)(F)F)CC3)c3ccccc32)c1Cl. The molecule has 0 saturated carbocycles. The maximum absolute atomic E-state index is 13.4. The molecule has 2 aromatic heterocycles. The molecule has 2 aromatic carbocycles. The molecule has 0 unspecified atom stereocenters. The fourth-order valence-electron chi connectivity index (χ4n) is 4.22. The Balaban J connectivity index is 1.44. The molecule has 1 amide bonds. The lowest BCUT2D eigenvalue weighted by atomic mass is 10.1. The third-order valence-corrected chi connectivity index (χ3v) is 6.32. The van der Waals surface area contributed by atoms with Gasteiger partial charge in [0.15, 0.2) is 5.65 Å². The maximum atomic E-state index is 13.4. The van der Waals surface area contributed by atoms with Gasteiger partial charge in [-0.25, -0.2) is 9.50 Å². The minimum Gasteiger partial charge on any atom is -0.352 e. The molecule has 6 nitrogen and oxygen atoms in total. The second-order valence-electron chi connectivity index (χ2n) is 7.91. The van der Waals surface area contributed by atoms with Crippen molar-refractivity contribution in [2.75, 3.05) is 31.1 Å². The first-order chi connectivity index (χ1) is 15.8. The summed E-state index contributed by atoms with van der Waals surface area (Å²) in [6.45, 7) is 3.22. The number of halogens is 4. The van der Waals surface area contributed by atoms with Crippen molar-refractivity contribution in [2.24, 2.45) is 0 Å². The van der Waals surface area contributed by atoms with Crippen LogP contribution in [0.25, 0.3) is 16.6 Å². The summed E-state index contributed by atoms with van der Waals surface area (Å²) >= 11 is 6.43. The molecule has 0 N–H and O–H groups in total. The van der Waals surface area contributed by atoms with Crippen molar-refractivity contribution in [3.05, 3.63) is 70.4 Å². The molecule has 4 aromatic rings. The molecule has 10 heteroatoms. The van der Waals surface area contributed by atoms with Crippen molar-refractivity contribution in [2.45, 2.75) is 13.1 Å². The average Bonchev–Trinajstić information content (AvgIpc) is 3.11. The number of amides is 1. The highest BCUT2D eigenvalue weighted by atomic mass is 35.5. The lowest BCUT2D eigenvalue weighted by Crippen LogP contribution is -2.49. The quantitative estimate of drug-likeness (QED) is 0.418. The molecule has 0 atom stereocenters. The van der Waals surface area contributed by atoms with Gasteiger partial charge in [0.2, 0.25) is 0 Å². The maximum Gasteiger partial charge on any atom is 0.417 e. The van der Waals surface area contributed by atoms with E-state index in [2.05, 4.69) is 5.10 Å². The van der Waals surface area contributed by atoms with Crippen molar-refractivity contribution in [1.29, 1.82) is 0 Å². The third-order valence-electron chi connectivity index (χ3n) is 5.88. The molecular weight excluding hydrogens is 455 g/mol. The number of rotatable bonds is 2. The van der Waals surface area contributed by atoms with E-state index in [1.54, 1.807) is 4.52 Å².